The van der Waals surface area contributed by atoms with Gasteiger partial charge in [0, 0.05) is 24.5 Å². The number of nitrogens with one attached hydrogen (secondary N) is 1. The molecule has 0 aliphatic heterocycles. The van der Waals surface area contributed by atoms with Gasteiger partial charge >= 0.3 is 5.97 Å². The molecule has 2 aromatic rings. The fourth-order valence-electron chi connectivity index (χ4n) is 1.50. The summed E-state index contributed by atoms with van der Waals surface area (Å²) >= 11 is 1.62. The normalized spacial score (nSPS) is 10.3. The first-order valence-electron chi connectivity index (χ1n) is 5.49. The SMILES string of the molecule is Cc1nc(CCNc2cc(C(=O)O)ccn2)cs1. The third-order valence-corrected chi connectivity index (χ3v) is 3.18. The lowest BCUT2D eigenvalue weighted by Gasteiger charge is -2.04. The van der Waals surface area contributed by atoms with Crippen molar-refractivity contribution in [2.24, 2.45) is 0 Å². The van der Waals surface area contributed by atoms with E-state index in [-0.39, 0.29) is 5.56 Å². The van der Waals surface area contributed by atoms with Gasteiger partial charge in [0.2, 0.25) is 0 Å². The van der Waals surface area contributed by atoms with Crippen molar-refractivity contribution >= 4 is 23.1 Å². The molecule has 0 bridgehead atoms. The summed E-state index contributed by atoms with van der Waals surface area (Å²) in [6.45, 7) is 2.65. The van der Waals surface area contributed by atoms with E-state index in [9.17, 15) is 4.79 Å². The molecule has 18 heavy (non-hydrogen) atoms. The Kier molecular flexibility index (Phi) is 3.88. The number of carbonyl (C=O) groups is 1. The highest BCUT2D eigenvalue weighted by molar-refractivity contribution is 7.09. The lowest BCUT2D eigenvalue weighted by Crippen LogP contribution is -2.07. The van der Waals surface area contributed by atoms with Crippen molar-refractivity contribution in [2.75, 3.05) is 11.9 Å². The Morgan fingerprint density at radius 1 is 1.56 bits per heavy atom. The number of carboxylic acids is 1. The van der Waals surface area contributed by atoms with E-state index >= 15 is 0 Å². The van der Waals surface area contributed by atoms with Crippen molar-refractivity contribution in [1.29, 1.82) is 0 Å². The van der Waals surface area contributed by atoms with Gasteiger partial charge < -0.3 is 10.4 Å². The van der Waals surface area contributed by atoms with E-state index in [0.29, 0.717) is 12.4 Å². The molecule has 5 nitrogen and oxygen atoms in total. The zero-order valence-corrected chi connectivity index (χ0v) is 10.7. The van der Waals surface area contributed by atoms with Crippen molar-refractivity contribution in [3.8, 4) is 0 Å². The first kappa shape index (κ1) is 12.5. The smallest absolute Gasteiger partial charge is 0.335 e. The zero-order valence-electron chi connectivity index (χ0n) is 9.88. The quantitative estimate of drug-likeness (QED) is 0.865. The summed E-state index contributed by atoms with van der Waals surface area (Å²) in [5, 5.41) is 15.0. The van der Waals surface area contributed by atoms with Gasteiger partial charge in [0.15, 0.2) is 0 Å². The Morgan fingerprint density at radius 3 is 3.06 bits per heavy atom. The molecule has 2 aromatic heterocycles. The maximum atomic E-state index is 10.8. The maximum Gasteiger partial charge on any atom is 0.335 e. The Morgan fingerprint density at radius 2 is 2.39 bits per heavy atom. The highest BCUT2D eigenvalue weighted by atomic mass is 32.1. The van der Waals surface area contributed by atoms with Crippen LogP contribution in [0.5, 0.6) is 0 Å². The van der Waals surface area contributed by atoms with E-state index in [1.165, 1.54) is 18.3 Å². The monoisotopic (exact) mass is 263 g/mol. The molecule has 0 saturated heterocycles. The molecular weight excluding hydrogens is 250 g/mol. The van der Waals surface area contributed by atoms with Gasteiger partial charge in [-0.05, 0) is 19.1 Å². The molecule has 0 unspecified atom stereocenters. The molecule has 0 aromatic carbocycles. The number of hydrogen-bond acceptors (Lipinski definition) is 5. The summed E-state index contributed by atoms with van der Waals surface area (Å²) in [5.74, 6) is -0.377. The second kappa shape index (κ2) is 5.59. The van der Waals surface area contributed by atoms with Crippen molar-refractivity contribution in [2.45, 2.75) is 13.3 Å². The molecule has 0 saturated carbocycles. The molecule has 0 aliphatic rings. The van der Waals surface area contributed by atoms with Crippen molar-refractivity contribution in [1.82, 2.24) is 9.97 Å². The number of rotatable bonds is 5. The van der Waals surface area contributed by atoms with Crippen molar-refractivity contribution in [3.05, 3.63) is 40.0 Å². The van der Waals surface area contributed by atoms with Crippen LogP contribution in [0.1, 0.15) is 21.1 Å². The number of carboxylic acid groups (broad SMARTS) is 1. The summed E-state index contributed by atoms with van der Waals surface area (Å²) in [6, 6.07) is 2.99. The number of aryl methyl sites for hydroxylation is 1. The molecule has 2 heterocycles. The second-order valence-electron chi connectivity index (χ2n) is 3.77. The highest BCUT2D eigenvalue weighted by Gasteiger charge is 2.04. The van der Waals surface area contributed by atoms with Gasteiger partial charge in [0.25, 0.3) is 0 Å². The molecule has 0 fully saturated rings. The number of aromatic nitrogens is 2. The van der Waals surface area contributed by atoms with Crippen LogP contribution in [-0.2, 0) is 6.42 Å². The van der Waals surface area contributed by atoms with Gasteiger partial charge in [-0.3, -0.25) is 0 Å². The van der Waals surface area contributed by atoms with Gasteiger partial charge in [-0.2, -0.15) is 0 Å². The Bertz CT molecular complexity index is 554. The van der Waals surface area contributed by atoms with Crippen LogP contribution in [0.4, 0.5) is 5.82 Å². The molecular formula is C12H13N3O2S. The van der Waals surface area contributed by atoms with Crippen molar-refractivity contribution in [3.63, 3.8) is 0 Å². The van der Waals surface area contributed by atoms with Gasteiger partial charge in [0.05, 0.1) is 16.3 Å². The molecule has 0 radical (unpaired) electrons. The minimum atomic E-state index is -0.949. The Hall–Kier alpha value is -1.95. The second-order valence-corrected chi connectivity index (χ2v) is 4.83. The maximum absolute atomic E-state index is 10.8. The summed E-state index contributed by atoms with van der Waals surface area (Å²) < 4.78 is 0. The largest absolute Gasteiger partial charge is 0.478 e. The average Bonchev–Trinajstić information content (AvgIpc) is 2.75. The highest BCUT2D eigenvalue weighted by Crippen LogP contribution is 2.10. The first-order valence-corrected chi connectivity index (χ1v) is 6.37. The van der Waals surface area contributed by atoms with E-state index in [2.05, 4.69) is 15.3 Å². The molecule has 2 N–H and O–H groups in total. The van der Waals surface area contributed by atoms with Gasteiger partial charge in [-0.15, -0.1) is 11.3 Å². The van der Waals surface area contributed by atoms with E-state index in [4.69, 9.17) is 5.11 Å². The molecule has 0 aliphatic carbocycles. The minimum absolute atomic E-state index is 0.233. The van der Waals surface area contributed by atoms with E-state index < -0.39 is 5.97 Å². The Labute approximate surface area is 109 Å². The number of thiazole rings is 1. The minimum Gasteiger partial charge on any atom is -0.478 e. The molecule has 0 amide bonds. The summed E-state index contributed by atoms with van der Waals surface area (Å²) in [4.78, 5) is 19.2. The van der Waals surface area contributed by atoms with E-state index in [1.54, 1.807) is 11.3 Å². The molecule has 6 heteroatoms. The zero-order chi connectivity index (χ0) is 13.0. The van der Waals surface area contributed by atoms with E-state index in [0.717, 1.165) is 17.1 Å². The van der Waals surface area contributed by atoms with Crippen LogP contribution >= 0.6 is 11.3 Å². The topological polar surface area (TPSA) is 75.1 Å². The van der Waals surface area contributed by atoms with Crippen LogP contribution in [-0.4, -0.2) is 27.6 Å². The van der Waals surface area contributed by atoms with Crippen molar-refractivity contribution < 1.29 is 9.90 Å². The van der Waals surface area contributed by atoms with Crippen LogP contribution in [0.2, 0.25) is 0 Å². The van der Waals surface area contributed by atoms with Crippen LogP contribution < -0.4 is 5.32 Å². The summed E-state index contributed by atoms with van der Waals surface area (Å²) in [5.41, 5.74) is 1.27. The number of anilines is 1. The van der Waals surface area contributed by atoms with Crippen LogP contribution in [0.15, 0.2) is 23.7 Å². The fraction of sp³-hybridized carbons (Fsp3) is 0.250. The predicted octanol–water partition coefficient (Wildman–Crippen LogP) is 2.20. The fourth-order valence-corrected chi connectivity index (χ4v) is 2.15. The molecule has 94 valence electrons. The number of pyridine rings is 1. The number of aromatic carboxylic acids is 1. The van der Waals surface area contributed by atoms with Crippen LogP contribution in [0.3, 0.4) is 0 Å². The van der Waals surface area contributed by atoms with Gasteiger partial charge in [0.1, 0.15) is 5.82 Å². The molecule has 0 atom stereocenters. The summed E-state index contributed by atoms with van der Waals surface area (Å²) in [6.07, 6.45) is 2.28. The third kappa shape index (κ3) is 3.27. The standard InChI is InChI=1S/C12H13N3O2S/c1-8-15-10(7-18-8)3-5-14-11-6-9(12(16)17)2-4-13-11/h2,4,6-7H,3,5H2,1H3,(H,13,14)(H,16,17). The van der Waals surface area contributed by atoms with Crippen LogP contribution in [0, 0.1) is 6.92 Å². The van der Waals surface area contributed by atoms with Crippen LogP contribution in [0.25, 0.3) is 0 Å². The number of hydrogen-bond donors (Lipinski definition) is 2. The molecule has 0 spiro atoms. The predicted molar refractivity (Wildman–Crippen MR) is 70.2 cm³/mol. The third-order valence-electron chi connectivity index (χ3n) is 2.36. The van der Waals surface area contributed by atoms with Gasteiger partial charge in [-0.1, -0.05) is 0 Å². The van der Waals surface area contributed by atoms with Gasteiger partial charge in [-0.25, -0.2) is 14.8 Å². The lowest BCUT2D eigenvalue weighted by atomic mass is 10.2. The average molecular weight is 263 g/mol. The number of nitrogens with zero attached hydrogens (tertiary/aromatic N) is 2. The first-order chi connectivity index (χ1) is 8.65. The molecule has 2 rings (SSSR count). The summed E-state index contributed by atoms with van der Waals surface area (Å²) in [7, 11) is 0. The Balaban J connectivity index is 1.90. The lowest BCUT2D eigenvalue weighted by molar-refractivity contribution is 0.0697. The van der Waals surface area contributed by atoms with E-state index in [1.807, 2.05) is 12.3 Å².